The summed E-state index contributed by atoms with van der Waals surface area (Å²) in [6, 6.07) is 6.51. The van der Waals surface area contributed by atoms with Gasteiger partial charge in [-0.2, -0.15) is 10.1 Å². The number of rotatable bonds is 9. The lowest BCUT2D eigenvalue weighted by Crippen LogP contribution is -2.42. The Bertz CT molecular complexity index is 1180. The second-order valence-electron chi connectivity index (χ2n) is 10.5. The van der Waals surface area contributed by atoms with Gasteiger partial charge in [0.25, 0.3) is 0 Å². The molecule has 9 heteroatoms. The summed E-state index contributed by atoms with van der Waals surface area (Å²) in [7, 11) is 1.74. The molecule has 3 aromatic rings. The van der Waals surface area contributed by atoms with Gasteiger partial charge in [-0.3, -0.25) is 9.58 Å². The minimum absolute atomic E-state index is 0.277. The predicted octanol–water partition coefficient (Wildman–Crippen LogP) is 5.80. The van der Waals surface area contributed by atoms with Crippen LogP contribution in [0.1, 0.15) is 78.4 Å². The largest absolute Gasteiger partial charge is 0.496 e. The second kappa shape index (κ2) is 16.5. The fourth-order valence-electron chi connectivity index (χ4n) is 5.71. The molecular weight excluding hydrogens is 512 g/mol. The van der Waals surface area contributed by atoms with Gasteiger partial charge in [0.1, 0.15) is 16.8 Å². The molecule has 0 bridgehead atoms. The molecule has 0 atom stereocenters. The Kier molecular flexibility index (Phi) is 13.1. The van der Waals surface area contributed by atoms with Crippen molar-refractivity contribution in [2.45, 2.75) is 80.3 Å². The van der Waals surface area contributed by atoms with Crippen molar-refractivity contribution in [1.82, 2.24) is 30.0 Å². The van der Waals surface area contributed by atoms with Gasteiger partial charge in [0.05, 0.1) is 19.9 Å². The van der Waals surface area contributed by atoms with Crippen LogP contribution < -0.4 is 21.1 Å². The third kappa shape index (κ3) is 8.55. The number of fused-ring (bicyclic) bond motifs is 1. The molecule has 2 aliphatic carbocycles. The van der Waals surface area contributed by atoms with Gasteiger partial charge in [-0.1, -0.05) is 53.7 Å². The summed E-state index contributed by atoms with van der Waals surface area (Å²) in [5, 5.41) is 11.6. The number of ether oxygens (including phenoxy) is 1. The van der Waals surface area contributed by atoms with Crippen LogP contribution in [0.5, 0.6) is 5.75 Å². The Morgan fingerprint density at radius 3 is 2.34 bits per heavy atom. The van der Waals surface area contributed by atoms with Gasteiger partial charge < -0.3 is 21.1 Å². The van der Waals surface area contributed by atoms with E-state index in [1.807, 2.05) is 46.2 Å². The van der Waals surface area contributed by atoms with E-state index in [4.69, 9.17) is 10.5 Å². The molecule has 0 amide bonds. The quantitative estimate of drug-likeness (QED) is 0.299. The maximum absolute atomic E-state index is 6.02. The van der Waals surface area contributed by atoms with Gasteiger partial charge in [0, 0.05) is 44.8 Å². The number of methoxy groups -OCH3 is 1. The third-order valence-electron chi connectivity index (χ3n) is 7.91. The van der Waals surface area contributed by atoms with E-state index in [1.54, 1.807) is 13.3 Å². The Morgan fingerprint density at radius 1 is 0.976 bits per heavy atom. The van der Waals surface area contributed by atoms with E-state index in [2.05, 4.69) is 48.8 Å². The average molecular weight is 567 g/mol. The maximum atomic E-state index is 6.02. The number of aromatic nitrogens is 4. The fourth-order valence-corrected chi connectivity index (χ4v) is 5.71. The number of nitrogens with two attached hydrogens (primary N) is 1. The van der Waals surface area contributed by atoms with Crippen LogP contribution in [0.2, 0.25) is 0 Å². The normalized spacial score (nSPS) is 19.9. The Hall–Kier alpha value is -2.91. The van der Waals surface area contributed by atoms with Gasteiger partial charge in [0.2, 0.25) is 5.95 Å². The van der Waals surface area contributed by atoms with Gasteiger partial charge in [-0.05, 0) is 55.1 Å². The van der Waals surface area contributed by atoms with Crippen molar-refractivity contribution in [2.75, 3.05) is 50.9 Å². The van der Waals surface area contributed by atoms with Crippen molar-refractivity contribution in [1.29, 1.82) is 0 Å². The molecule has 0 spiro atoms. The monoisotopic (exact) mass is 566 g/mol. The molecule has 228 valence electrons. The Morgan fingerprint density at radius 2 is 1.68 bits per heavy atom. The molecule has 0 unspecified atom stereocenters. The highest BCUT2D eigenvalue weighted by molar-refractivity contribution is 5.86. The van der Waals surface area contributed by atoms with Crippen molar-refractivity contribution in [2.24, 2.45) is 17.8 Å². The molecule has 3 aliphatic rings. The first-order chi connectivity index (χ1) is 20.2. The van der Waals surface area contributed by atoms with Crippen LogP contribution in [0, 0.1) is 17.8 Å². The van der Waals surface area contributed by atoms with Crippen molar-refractivity contribution in [3.8, 4) is 5.75 Å². The minimum Gasteiger partial charge on any atom is -0.496 e. The van der Waals surface area contributed by atoms with Gasteiger partial charge in [-0.15, -0.1) is 0 Å². The Labute approximate surface area is 247 Å². The zero-order valence-corrected chi connectivity index (χ0v) is 26.5. The van der Waals surface area contributed by atoms with Crippen LogP contribution in [0.4, 0.5) is 11.8 Å². The molecule has 1 saturated heterocycles. The molecular formula is C32H54N8O. The van der Waals surface area contributed by atoms with Gasteiger partial charge >= 0.3 is 0 Å². The lowest BCUT2D eigenvalue weighted by Gasteiger charge is -2.35. The number of hydrogen-bond acceptors (Lipinski definition) is 8. The number of piperazine rings is 1. The fraction of sp³-hybridized carbons (Fsp3) is 0.656. The van der Waals surface area contributed by atoms with E-state index in [1.165, 1.54) is 31.2 Å². The number of anilines is 2. The molecule has 3 heterocycles. The Balaban J connectivity index is 0.000000725. The van der Waals surface area contributed by atoms with Gasteiger partial charge in [0.15, 0.2) is 5.82 Å². The number of benzene rings is 1. The van der Waals surface area contributed by atoms with E-state index in [0.717, 1.165) is 79.3 Å². The summed E-state index contributed by atoms with van der Waals surface area (Å²) in [5.41, 5.74) is 10.0. The summed E-state index contributed by atoms with van der Waals surface area (Å²) in [4.78, 5) is 11.4. The molecule has 6 rings (SSSR count). The predicted molar refractivity (Wildman–Crippen MR) is 171 cm³/mol. The molecule has 0 radical (unpaired) electrons. The first-order valence-corrected chi connectivity index (χ1v) is 16.0. The number of hydrogen-bond donors (Lipinski definition) is 3. The van der Waals surface area contributed by atoms with E-state index >= 15 is 0 Å². The topological polar surface area (TPSA) is 106 Å². The molecule has 1 aromatic carbocycles. The van der Waals surface area contributed by atoms with Crippen LogP contribution in [0.15, 0.2) is 24.4 Å². The lowest BCUT2D eigenvalue weighted by atomic mass is 9.72. The zero-order valence-electron chi connectivity index (χ0n) is 26.5. The van der Waals surface area contributed by atoms with E-state index in [0.29, 0.717) is 12.5 Å². The van der Waals surface area contributed by atoms with E-state index in [-0.39, 0.29) is 5.95 Å². The van der Waals surface area contributed by atoms with Crippen LogP contribution in [0.3, 0.4) is 0 Å². The van der Waals surface area contributed by atoms with Crippen molar-refractivity contribution < 1.29 is 4.74 Å². The first-order valence-electron chi connectivity index (χ1n) is 16.0. The van der Waals surface area contributed by atoms with E-state index < -0.39 is 0 Å². The molecule has 9 nitrogen and oxygen atoms in total. The molecule has 4 N–H and O–H groups in total. The molecule has 1 aliphatic heterocycles. The van der Waals surface area contributed by atoms with E-state index in [9.17, 15) is 0 Å². The minimum atomic E-state index is 0.277. The third-order valence-corrected chi connectivity index (χ3v) is 7.91. The number of nitrogens with one attached hydrogen (secondary N) is 2. The van der Waals surface area contributed by atoms with Gasteiger partial charge in [-0.25, -0.2) is 4.98 Å². The zero-order chi connectivity index (χ0) is 29.8. The first kappa shape index (κ1) is 32.6. The maximum Gasteiger partial charge on any atom is 0.222 e. The van der Waals surface area contributed by atoms with Crippen LogP contribution >= 0.6 is 0 Å². The molecule has 2 aromatic heterocycles. The highest BCUT2D eigenvalue weighted by Gasteiger charge is 2.40. The average Bonchev–Trinajstić information content (AvgIpc) is 3.76. The summed E-state index contributed by atoms with van der Waals surface area (Å²) in [6.45, 7) is 18.7. The standard InChI is InChI=1S/C26H36N8O.3C2H6/c1-35-23-12-17(15-33-8-6-28-7-9-33)2-3-20(23)16-34-24-22(14-30-34)31-26(27)32-25(24)29-13-18-10-21(11-18)19-4-5-19;3*1-2/h2-3,12,14,18-19,21,28H,4-11,13,15-16H2,1H3,(H3,27,29,31,32);3*1-2H3. The number of nitrogen functional groups attached to an aromatic ring is 1. The van der Waals surface area contributed by atoms with Crippen molar-refractivity contribution >= 4 is 22.8 Å². The SMILES string of the molecule is CC.CC.CC.COc1cc(CN2CCNCC2)ccc1Cn1ncc2nc(N)nc(NCC3CC(C4CC4)C3)c21. The molecule has 3 fully saturated rings. The summed E-state index contributed by atoms with van der Waals surface area (Å²) >= 11 is 0. The second-order valence-corrected chi connectivity index (χ2v) is 10.5. The summed E-state index contributed by atoms with van der Waals surface area (Å²) in [6.07, 6.45) is 7.31. The number of nitrogens with zero attached hydrogens (tertiary/aromatic N) is 5. The summed E-state index contributed by atoms with van der Waals surface area (Å²) < 4.78 is 7.74. The lowest BCUT2D eigenvalue weighted by molar-refractivity contribution is 0.179. The van der Waals surface area contributed by atoms with Crippen LogP contribution in [0.25, 0.3) is 11.0 Å². The highest BCUT2D eigenvalue weighted by atomic mass is 16.5. The van der Waals surface area contributed by atoms with Crippen LogP contribution in [-0.4, -0.2) is 64.5 Å². The highest BCUT2D eigenvalue weighted by Crippen LogP contribution is 2.49. The van der Waals surface area contributed by atoms with Crippen molar-refractivity contribution in [3.63, 3.8) is 0 Å². The van der Waals surface area contributed by atoms with Crippen LogP contribution in [-0.2, 0) is 13.1 Å². The molecule has 41 heavy (non-hydrogen) atoms. The van der Waals surface area contributed by atoms with Crippen molar-refractivity contribution in [3.05, 3.63) is 35.5 Å². The smallest absolute Gasteiger partial charge is 0.222 e. The molecule has 2 saturated carbocycles. The summed E-state index contributed by atoms with van der Waals surface area (Å²) in [5.74, 6) is 4.60.